The van der Waals surface area contributed by atoms with E-state index in [-0.39, 0.29) is 26.0 Å². The van der Waals surface area contributed by atoms with Crippen LogP contribution >= 0.6 is 0 Å². The van der Waals surface area contributed by atoms with Crippen LogP contribution in [0.1, 0.15) is 32.1 Å². The molecule has 1 amide bonds. The highest BCUT2D eigenvalue weighted by Crippen LogP contribution is 2.46. The molecule has 0 spiro atoms. The molecule has 3 N–H and O–H groups in total. The lowest BCUT2D eigenvalue weighted by molar-refractivity contribution is -0.216. The van der Waals surface area contributed by atoms with Gasteiger partial charge in [-0.1, -0.05) is 0 Å². The van der Waals surface area contributed by atoms with E-state index in [9.17, 15) is 18.7 Å². The maximum Gasteiger partial charge on any atom is 0.352 e. The monoisotopic (exact) mass is 249 g/mol. The molecule has 0 atom stereocenters. The zero-order valence-electron chi connectivity index (χ0n) is 9.51. The number of aliphatic hydroxyl groups is 2. The zero-order chi connectivity index (χ0) is 12.7. The molecule has 0 aromatic rings. The van der Waals surface area contributed by atoms with Gasteiger partial charge in [0.2, 0.25) is 0 Å². The normalized spacial score (nSPS) is 24.9. The third kappa shape index (κ3) is 2.04. The van der Waals surface area contributed by atoms with E-state index in [1.807, 2.05) is 0 Å². The van der Waals surface area contributed by atoms with Crippen LogP contribution in [0.2, 0.25) is 0 Å². The van der Waals surface area contributed by atoms with Crippen LogP contribution in [0, 0.1) is 5.41 Å². The molecule has 2 aliphatic rings. The smallest absolute Gasteiger partial charge is 0.352 e. The summed E-state index contributed by atoms with van der Waals surface area (Å²) in [4.78, 5) is 11.4. The number of carbonyl (C=O) groups excluding carboxylic acids is 1. The first kappa shape index (κ1) is 12.7. The SMILES string of the molecule is O=C(NCC1(CO)CC1)C(F)(F)C1(O)CCC1. The molecule has 2 saturated carbocycles. The third-order valence-electron chi connectivity index (χ3n) is 3.97. The number of halogens is 2. The Morgan fingerprint density at radius 2 is 1.88 bits per heavy atom. The predicted octanol–water partition coefficient (Wildman–Crippen LogP) is 0.425. The Hall–Kier alpha value is -0.750. The van der Waals surface area contributed by atoms with Crippen LogP contribution in [0.15, 0.2) is 0 Å². The van der Waals surface area contributed by atoms with Gasteiger partial charge in [0.25, 0.3) is 5.91 Å². The minimum absolute atomic E-state index is 0.0431. The minimum atomic E-state index is -3.74. The van der Waals surface area contributed by atoms with Crippen LogP contribution in [-0.2, 0) is 4.79 Å². The Morgan fingerprint density at radius 3 is 2.24 bits per heavy atom. The lowest BCUT2D eigenvalue weighted by Gasteiger charge is -2.41. The summed E-state index contributed by atoms with van der Waals surface area (Å²) in [5.41, 5.74) is -2.58. The van der Waals surface area contributed by atoms with Gasteiger partial charge in [0, 0.05) is 12.0 Å². The standard InChI is InChI=1S/C11H17F2NO3/c12-11(13,10(17)2-1-3-10)8(16)14-6-9(7-15)4-5-9/h15,17H,1-7H2,(H,14,16). The largest absolute Gasteiger partial charge is 0.396 e. The number of rotatable bonds is 5. The molecule has 0 aromatic heterocycles. The van der Waals surface area contributed by atoms with E-state index < -0.39 is 22.8 Å². The number of aliphatic hydroxyl groups excluding tert-OH is 1. The van der Waals surface area contributed by atoms with Gasteiger partial charge >= 0.3 is 5.92 Å². The predicted molar refractivity (Wildman–Crippen MR) is 55.5 cm³/mol. The Bertz CT molecular complexity index is 325. The highest BCUT2D eigenvalue weighted by molar-refractivity contribution is 5.85. The average Bonchev–Trinajstić information content (AvgIpc) is 3.03. The molecule has 0 bridgehead atoms. The van der Waals surface area contributed by atoms with Gasteiger partial charge in [0.1, 0.15) is 5.60 Å². The van der Waals surface area contributed by atoms with Crippen LogP contribution in [0.5, 0.6) is 0 Å². The van der Waals surface area contributed by atoms with Crippen molar-refractivity contribution in [3.8, 4) is 0 Å². The summed E-state index contributed by atoms with van der Waals surface area (Å²) in [5.74, 6) is -5.17. The second-order valence-corrected chi connectivity index (χ2v) is 5.30. The molecular weight excluding hydrogens is 232 g/mol. The van der Waals surface area contributed by atoms with Gasteiger partial charge < -0.3 is 15.5 Å². The first-order valence-electron chi connectivity index (χ1n) is 5.85. The number of carbonyl (C=O) groups is 1. The molecule has 0 aliphatic heterocycles. The van der Waals surface area contributed by atoms with Crippen molar-refractivity contribution in [3.05, 3.63) is 0 Å². The van der Waals surface area contributed by atoms with Crippen molar-refractivity contribution >= 4 is 5.91 Å². The highest BCUT2D eigenvalue weighted by atomic mass is 19.3. The van der Waals surface area contributed by atoms with Crippen molar-refractivity contribution < 1.29 is 23.8 Å². The molecule has 0 unspecified atom stereocenters. The van der Waals surface area contributed by atoms with E-state index in [2.05, 4.69) is 5.32 Å². The molecular formula is C11H17F2NO3. The van der Waals surface area contributed by atoms with Crippen molar-refractivity contribution in [1.82, 2.24) is 5.32 Å². The first-order chi connectivity index (χ1) is 7.85. The fraction of sp³-hybridized carbons (Fsp3) is 0.909. The molecule has 6 heteroatoms. The van der Waals surface area contributed by atoms with E-state index >= 15 is 0 Å². The molecule has 2 fully saturated rings. The highest BCUT2D eigenvalue weighted by Gasteiger charge is 2.61. The van der Waals surface area contributed by atoms with Crippen molar-refractivity contribution in [2.24, 2.45) is 5.41 Å². The van der Waals surface area contributed by atoms with Gasteiger partial charge in [-0.2, -0.15) is 8.78 Å². The van der Waals surface area contributed by atoms with Crippen LogP contribution in [0.25, 0.3) is 0 Å². The second kappa shape index (κ2) is 3.88. The molecule has 17 heavy (non-hydrogen) atoms. The third-order valence-corrected chi connectivity index (χ3v) is 3.97. The lowest BCUT2D eigenvalue weighted by Crippen LogP contribution is -2.61. The minimum Gasteiger partial charge on any atom is -0.396 e. The summed E-state index contributed by atoms with van der Waals surface area (Å²) >= 11 is 0. The van der Waals surface area contributed by atoms with Gasteiger partial charge in [0.05, 0.1) is 6.61 Å². The summed E-state index contributed by atoms with van der Waals surface area (Å²) in [5, 5.41) is 20.7. The van der Waals surface area contributed by atoms with Crippen molar-refractivity contribution in [3.63, 3.8) is 0 Å². The number of amides is 1. The summed E-state index contributed by atoms with van der Waals surface area (Å²) in [7, 11) is 0. The summed E-state index contributed by atoms with van der Waals surface area (Å²) in [6.45, 7) is -0.0584. The van der Waals surface area contributed by atoms with E-state index in [0.717, 1.165) is 12.8 Å². The second-order valence-electron chi connectivity index (χ2n) is 5.30. The molecule has 98 valence electrons. The van der Waals surface area contributed by atoms with Crippen LogP contribution in [0.3, 0.4) is 0 Å². The Balaban J connectivity index is 1.90. The van der Waals surface area contributed by atoms with Crippen LogP contribution in [-0.4, -0.2) is 40.8 Å². The van der Waals surface area contributed by atoms with Gasteiger partial charge in [-0.3, -0.25) is 4.79 Å². The van der Waals surface area contributed by atoms with Gasteiger partial charge in [-0.25, -0.2) is 0 Å². The average molecular weight is 249 g/mol. The maximum absolute atomic E-state index is 13.6. The van der Waals surface area contributed by atoms with E-state index in [1.54, 1.807) is 0 Å². The van der Waals surface area contributed by atoms with Crippen molar-refractivity contribution in [1.29, 1.82) is 0 Å². The van der Waals surface area contributed by atoms with Gasteiger partial charge in [0.15, 0.2) is 0 Å². The molecule has 0 aromatic carbocycles. The molecule has 0 heterocycles. The summed E-state index contributed by atoms with van der Waals surface area (Å²) in [6.07, 6.45) is 1.90. The van der Waals surface area contributed by atoms with E-state index in [1.165, 1.54) is 0 Å². The van der Waals surface area contributed by atoms with Crippen molar-refractivity contribution in [2.75, 3.05) is 13.2 Å². The van der Waals surface area contributed by atoms with Crippen molar-refractivity contribution in [2.45, 2.75) is 43.6 Å². The number of hydrogen-bond donors (Lipinski definition) is 3. The lowest BCUT2D eigenvalue weighted by atomic mass is 9.75. The Labute approximate surface area is 98.0 Å². The summed E-state index contributed by atoms with van der Waals surface area (Å²) < 4.78 is 27.2. The van der Waals surface area contributed by atoms with Gasteiger partial charge in [-0.05, 0) is 32.1 Å². The number of alkyl halides is 2. The number of hydrogen-bond acceptors (Lipinski definition) is 3. The fourth-order valence-electron chi connectivity index (χ4n) is 1.98. The molecule has 2 aliphatic carbocycles. The molecule has 4 nitrogen and oxygen atoms in total. The molecule has 0 saturated heterocycles. The Morgan fingerprint density at radius 1 is 1.29 bits per heavy atom. The van der Waals surface area contributed by atoms with Crippen LogP contribution in [0.4, 0.5) is 8.78 Å². The van der Waals surface area contributed by atoms with E-state index in [4.69, 9.17) is 5.11 Å². The molecule has 2 rings (SSSR count). The molecule has 0 radical (unpaired) electrons. The van der Waals surface area contributed by atoms with E-state index in [0.29, 0.717) is 6.42 Å². The fourth-order valence-corrected chi connectivity index (χ4v) is 1.98. The maximum atomic E-state index is 13.6. The first-order valence-corrected chi connectivity index (χ1v) is 5.85. The zero-order valence-corrected chi connectivity index (χ0v) is 9.51. The quantitative estimate of drug-likeness (QED) is 0.661. The number of nitrogens with one attached hydrogen (secondary N) is 1. The topological polar surface area (TPSA) is 69.6 Å². The van der Waals surface area contributed by atoms with Crippen LogP contribution < -0.4 is 5.32 Å². The summed E-state index contributed by atoms with van der Waals surface area (Å²) in [6, 6.07) is 0. The Kier molecular flexibility index (Phi) is 2.90. The van der Waals surface area contributed by atoms with Gasteiger partial charge in [-0.15, -0.1) is 0 Å².